The van der Waals surface area contributed by atoms with E-state index in [0.29, 0.717) is 30.9 Å². The van der Waals surface area contributed by atoms with Crippen molar-refractivity contribution in [3.63, 3.8) is 0 Å². The van der Waals surface area contributed by atoms with Crippen LogP contribution in [0.25, 0.3) is 0 Å². The van der Waals surface area contributed by atoms with Crippen molar-refractivity contribution in [1.29, 1.82) is 0 Å². The molecule has 31 heavy (non-hydrogen) atoms. The van der Waals surface area contributed by atoms with Gasteiger partial charge in [0.05, 0.1) is 20.3 Å². The zero-order chi connectivity index (χ0) is 22.2. The molecule has 2 N–H and O–H groups in total. The van der Waals surface area contributed by atoms with Crippen molar-refractivity contribution >= 4 is 0 Å². The van der Waals surface area contributed by atoms with Crippen molar-refractivity contribution in [2.75, 3.05) is 40.0 Å². The Kier molecular flexibility index (Phi) is 8.66. The van der Waals surface area contributed by atoms with Gasteiger partial charge in [-0.3, -0.25) is 9.80 Å². The van der Waals surface area contributed by atoms with E-state index in [1.165, 1.54) is 13.2 Å². The first-order chi connectivity index (χ1) is 15.1. The van der Waals surface area contributed by atoms with Crippen molar-refractivity contribution in [3.05, 3.63) is 58.9 Å². The van der Waals surface area contributed by atoms with Crippen LogP contribution >= 0.6 is 0 Å². The Bertz CT molecular complexity index is 848. The lowest BCUT2D eigenvalue weighted by molar-refractivity contribution is 0.0492. The lowest BCUT2D eigenvalue weighted by Gasteiger charge is -2.41. The number of aliphatic hydroxyl groups is 2. The number of aliphatic hydroxyl groups excluding tert-OH is 2. The number of hydrogen-bond donors (Lipinski definition) is 2. The number of methoxy groups -OCH3 is 1. The molecule has 2 aromatic carbocycles. The van der Waals surface area contributed by atoms with Crippen LogP contribution in [0, 0.1) is 5.82 Å². The second-order valence-electron chi connectivity index (χ2n) is 7.86. The minimum Gasteiger partial charge on any atom is -0.497 e. The Labute approximate surface area is 183 Å². The first kappa shape index (κ1) is 23.5. The molecule has 0 saturated carbocycles. The summed E-state index contributed by atoms with van der Waals surface area (Å²) in [6.07, 6.45) is 0.638. The van der Waals surface area contributed by atoms with E-state index in [4.69, 9.17) is 9.47 Å². The van der Waals surface area contributed by atoms with Crippen LogP contribution in [0.3, 0.4) is 0 Å². The molecule has 0 spiro atoms. The summed E-state index contributed by atoms with van der Waals surface area (Å²) in [5, 5.41) is 19.2. The third-order valence-corrected chi connectivity index (χ3v) is 5.79. The third-order valence-electron chi connectivity index (χ3n) is 5.79. The van der Waals surface area contributed by atoms with E-state index >= 15 is 0 Å². The van der Waals surface area contributed by atoms with Gasteiger partial charge in [0.1, 0.15) is 17.3 Å². The number of nitrogens with zero attached hydrogens (tertiary/aromatic N) is 2. The fraction of sp³-hybridized carbons (Fsp3) is 0.500. The average molecular weight is 433 g/mol. The molecule has 1 atom stereocenters. The van der Waals surface area contributed by atoms with E-state index in [2.05, 4.69) is 9.80 Å². The van der Waals surface area contributed by atoms with Gasteiger partial charge in [-0.2, -0.15) is 0 Å². The summed E-state index contributed by atoms with van der Waals surface area (Å²) in [6.45, 7) is 6.22. The predicted molar refractivity (Wildman–Crippen MR) is 118 cm³/mol. The summed E-state index contributed by atoms with van der Waals surface area (Å²) in [4.78, 5) is 4.59. The number of halogens is 1. The molecule has 0 aromatic heterocycles. The standard InChI is InChI=1S/C24H33FN2O4/c1-3-31-24-7-4-18(12-20(24)17-29)14-26-9-10-27(21(16-26)8-11-28)15-19-5-6-22(30-2)13-23(19)25/h4-7,12-13,21,28-29H,3,8-11,14-17H2,1-2H3/t21-/m1/s1. The largest absolute Gasteiger partial charge is 0.497 e. The number of ether oxygens (including phenoxy) is 2. The summed E-state index contributed by atoms with van der Waals surface area (Å²) in [5.41, 5.74) is 2.54. The highest BCUT2D eigenvalue weighted by Gasteiger charge is 2.27. The van der Waals surface area contributed by atoms with E-state index in [0.717, 1.165) is 43.1 Å². The predicted octanol–water partition coefficient (Wildman–Crippen LogP) is 2.79. The van der Waals surface area contributed by atoms with Gasteiger partial charge in [-0.1, -0.05) is 12.1 Å². The molecule has 0 bridgehead atoms. The van der Waals surface area contributed by atoms with Crippen molar-refractivity contribution in [2.24, 2.45) is 0 Å². The van der Waals surface area contributed by atoms with Crippen LogP contribution in [-0.4, -0.2) is 66.0 Å². The van der Waals surface area contributed by atoms with Gasteiger partial charge in [-0.25, -0.2) is 4.39 Å². The molecule has 6 nitrogen and oxygen atoms in total. The lowest BCUT2D eigenvalue weighted by Crippen LogP contribution is -2.52. The Hall–Kier alpha value is -2.19. The maximum Gasteiger partial charge on any atom is 0.131 e. The van der Waals surface area contributed by atoms with Gasteiger partial charge < -0.3 is 19.7 Å². The fourth-order valence-electron chi connectivity index (χ4n) is 4.14. The summed E-state index contributed by atoms with van der Waals surface area (Å²) < 4.78 is 25.1. The van der Waals surface area contributed by atoms with Gasteiger partial charge >= 0.3 is 0 Å². The zero-order valence-corrected chi connectivity index (χ0v) is 18.4. The Morgan fingerprint density at radius 1 is 1.06 bits per heavy atom. The fourth-order valence-corrected chi connectivity index (χ4v) is 4.14. The summed E-state index contributed by atoms with van der Waals surface area (Å²) >= 11 is 0. The maximum absolute atomic E-state index is 14.4. The number of benzene rings is 2. The third kappa shape index (κ3) is 6.17. The van der Waals surface area contributed by atoms with Crippen LogP contribution in [0.2, 0.25) is 0 Å². The summed E-state index contributed by atoms with van der Waals surface area (Å²) in [5.74, 6) is 0.962. The Balaban J connectivity index is 1.65. The first-order valence-electron chi connectivity index (χ1n) is 10.8. The molecule has 1 heterocycles. The molecule has 1 aliphatic rings. The Morgan fingerprint density at radius 3 is 2.58 bits per heavy atom. The molecule has 0 amide bonds. The van der Waals surface area contributed by atoms with E-state index in [1.807, 2.05) is 25.1 Å². The van der Waals surface area contributed by atoms with Crippen LogP contribution in [0.5, 0.6) is 11.5 Å². The van der Waals surface area contributed by atoms with Crippen LogP contribution in [-0.2, 0) is 19.7 Å². The monoisotopic (exact) mass is 432 g/mol. The van der Waals surface area contributed by atoms with Crippen LogP contribution < -0.4 is 9.47 Å². The number of piperazine rings is 1. The van der Waals surface area contributed by atoms with Gasteiger partial charge in [-0.15, -0.1) is 0 Å². The maximum atomic E-state index is 14.4. The quantitative estimate of drug-likeness (QED) is 0.602. The minimum atomic E-state index is -0.268. The van der Waals surface area contributed by atoms with Crippen molar-refractivity contribution in [2.45, 2.75) is 39.1 Å². The Morgan fingerprint density at radius 2 is 1.90 bits per heavy atom. The molecule has 0 unspecified atom stereocenters. The van der Waals surface area contributed by atoms with E-state index in [9.17, 15) is 14.6 Å². The highest BCUT2D eigenvalue weighted by molar-refractivity contribution is 5.37. The zero-order valence-electron chi connectivity index (χ0n) is 18.4. The summed E-state index contributed by atoms with van der Waals surface area (Å²) in [7, 11) is 1.53. The van der Waals surface area contributed by atoms with Crippen LogP contribution in [0.4, 0.5) is 4.39 Å². The SMILES string of the molecule is CCOc1ccc(CN2CCN(Cc3ccc(OC)cc3F)[C@H](CCO)C2)cc1CO. The van der Waals surface area contributed by atoms with E-state index in [1.54, 1.807) is 12.1 Å². The molecule has 0 radical (unpaired) electrons. The molecular weight excluding hydrogens is 399 g/mol. The molecule has 0 aliphatic carbocycles. The van der Waals surface area contributed by atoms with Gasteiger partial charge in [0, 0.05) is 62.6 Å². The van der Waals surface area contributed by atoms with Crippen molar-refractivity contribution in [1.82, 2.24) is 9.80 Å². The highest BCUT2D eigenvalue weighted by atomic mass is 19.1. The van der Waals surface area contributed by atoms with Gasteiger partial charge in [0.15, 0.2) is 0 Å². The van der Waals surface area contributed by atoms with Crippen molar-refractivity contribution in [3.8, 4) is 11.5 Å². The van der Waals surface area contributed by atoms with Gasteiger partial charge in [-0.05, 0) is 37.1 Å². The smallest absolute Gasteiger partial charge is 0.131 e. The van der Waals surface area contributed by atoms with Crippen molar-refractivity contribution < 1.29 is 24.1 Å². The average Bonchev–Trinajstić information content (AvgIpc) is 2.78. The molecule has 2 aromatic rings. The molecule has 1 saturated heterocycles. The minimum absolute atomic E-state index is 0.0580. The number of hydrogen-bond acceptors (Lipinski definition) is 6. The summed E-state index contributed by atoms with van der Waals surface area (Å²) in [6, 6.07) is 11.0. The van der Waals surface area contributed by atoms with Crippen LogP contribution in [0.1, 0.15) is 30.0 Å². The normalized spacial score (nSPS) is 17.6. The first-order valence-corrected chi connectivity index (χ1v) is 10.8. The number of rotatable bonds is 10. The molecule has 7 heteroatoms. The second-order valence-corrected chi connectivity index (χ2v) is 7.86. The molecule has 170 valence electrons. The van der Waals surface area contributed by atoms with Crippen LogP contribution in [0.15, 0.2) is 36.4 Å². The van der Waals surface area contributed by atoms with Gasteiger partial charge in [0.2, 0.25) is 0 Å². The highest BCUT2D eigenvalue weighted by Crippen LogP contribution is 2.24. The molecule has 1 aliphatic heterocycles. The molecular formula is C24H33FN2O4. The lowest BCUT2D eigenvalue weighted by atomic mass is 10.0. The molecule has 3 rings (SSSR count). The van der Waals surface area contributed by atoms with E-state index in [-0.39, 0.29) is 25.1 Å². The van der Waals surface area contributed by atoms with E-state index < -0.39 is 0 Å². The second kappa shape index (κ2) is 11.4. The topological polar surface area (TPSA) is 65.4 Å². The van der Waals surface area contributed by atoms with Gasteiger partial charge in [0.25, 0.3) is 0 Å². The molecule has 1 fully saturated rings.